The van der Waals surface area contributed by atoms with Crippen LogP contribution < -0.4 is 0 Å². The van der Waals surface area contributed by atoms with Crippen molar-refractivity contribution >= 4 is 11.6 Å². The van der Waals surface area contributed by atoms with Crippen molar-refractivity contribution < 1.29 is 9.59 Å². The van der Waals surface area contributed by atoms with E-state index in [-0.39, 0.29) is 16.6 Å². The second-order valence-electron chi connectivity index (χ2n) is 8.02. The van der Waals surface area contributed by atoms with E-state index < -0.39 is 0 Å². The molecule has 0 spiro atoms. The molecule has 0 unspecified atom stereocenters. The van der Waals surface area contributed by atoms with Gasteiger partial charge in [-0.25, -0.2) is 0 Å². The largest absolute Gasteiger partial charge is 0.299 e. The molecule has 5 atom stereocenters. The SMILES string of the molecule is C[C@]12C=CC(=O)C=C1CC[C@H]1[C@H]3CCC(=O)[C@@]3(C)CC[C@@H]12. The average molecular weight is 284 g/mol. The van der Waals surface area contributed by atoms with E-state index in [9.17, 15) is 9.59 Å². The molecular formula is C19H24O2. The molecule has 4 rings (SSSR count). The summed E-state index contributed by atoms with van der Waals surface area (Å²) in [6.45, 7) is 4.54. The fourth-order valence-corrected chi connectivity index (χ4v) is 5.97. The highest BCUT2D eigenvalue weighted by Crippen LogP contribution is 2.63. The van der Waals surface area contributed by atoms with Gasteiger partial charge in [0.05, 0.1) is 0 Å². The fraction of sp³-hybridized carbons (Fsp3) is 0.684. The maximum Gasteiger partial charge on any atom is 0.178 e. The zero-order chi connectivity index (χ0) is 14.8. The number of fused-ring (bicyclic) bond motifs is 5. The molecule has 3 saturated carbocycles. The first-order chi connectivity index (χ1) is 9.95. The Labute approximate surface area is 126 Å². The van der Waals surface area contributed by atoms with Gasteiger partial charge in [-0.2, -0.15) is 0 Å². The number of carbonyl (C=O) groups is 2. The quantitative estimate of drug-likeness (QED) is 0.677. The monoisotopic (exact) mass is 284 g/mol. The smallest absolute Gasteiger partial charge is 0.178 e. The van der Waals surface area contributed by atoms with E-state index in [4.69, 9.17) is 0 Å². The Kier molecular flexibility index (Phi) is 2.68. The minimum atomic E-state index is -0.0487. The zero-order valence-corrected chi connectivity index (χ0v) is 13.0. The van der Waals surface area contributed by atoms with Crippen molar-refractivity contribution in [3.8, 4) is 0 Å². The number of carbonyl (C=O) groups excluding carboxylic acids is 2. The van der Waals surface area contributed by atoms with Crippen LogP contribution in [0.1, 0.15) is 52.4 Å². The van der Waals surface area contributed by atoms with Gasteiger partial charge in [0.25, 0.3) is 0 Å². The normalized spacial score (nSPS) is 48.5. The summed E-state index contributed by atoms with van der Waals surface area (Å²) in [5.41, 5.74) is 1.35. The van der Waals surface area contributed by atoms with Gasteiger partial charge in [-0.1, -0.05) is 25.5 Å². The molecule has 0 aromatic rings. The minimum Gasteiger partial charge on any atom is -0.299 e. The van der Waals surface area contributed by atoms with Crippen LogP contribution in [-0.2, 0) is 9.59 Å². The number of hydrogen-bond acceptors (Lipinski definition) is 2. The summed E-state index contributed by atoms with van der Waals surface area (Å²) in [5.74, 6) is 2.51. The summed E-state index contributed by atoms with van der Waals surface area (Å²) >= 11 is 0. The van der Waals surface area contributed by atoms with Crippen LogP contribution >= 0.6 is 0 Å². The molecule has 21 heavy (non-hydrogen) atoms. The van der Waals surface area contributed by atoms with Gasteiger partial charge >= 0.3 is 0 Å². The molecule has 0 aromatic carbocycles. The Morgan fingerprint density at radius 2 is 1.86 bits per heavy atom. The van der Waals surface area contributed by atoms with Gasteiger partial charge in [-0.3, -0.25) is 9.59 Å². The Morgan fingerprint density at radius 3 is 2.67 bits per heavy atom. The maximum atomic E-state index is 12.3. The van der Waals surface area contributed by atoms with Crippen LogP contribution in [0, 0.1) is 28.6 Å². The summed E-state index contributed by atoms with van der Waals surface area (Å²) in [7, 11) is 0. The third kappa shape index (κ3) is 1.65. The van der Waals surface area contributed by atoms with E-state index in [1.165, 1.54) is 12.0 Å². The predicted octanol–water partition coefficient (Wildman–Crippen LogP) is 3.86. The zero-order valence-electron chi connectivity index (χ0n) is 13.0. The minimum absolute atomic E-state index is 0.0487. The highest BCUT2D eigenvalue weighted by atomic mass is 16.1. The molecule has 0 amide bonds. The van der Waals surface area contributed by atoms with Crippen LogP contribution in [0.5, 0.6) is 0 Å². The van der Waals surface area contributed by atoms with Crippen molar-refractivity contribution in [3.05, 3.63) is 23.8 Å². The number of allylic oxidation sites excluding steroid dienone is 4. The molecule has 2 heteroatoms. The van der Waals surface area contributed by atoms with E-state index in [0.717, 1.165) is 32.1 Å². The topological polar surface area (TPSA) is 34.1 Å². The van der Waals surface area contributed by atoms with Crippen LogP contribution in [0.2, 0.25) is 0 Å². The van der Waals surface area contributed by atoms with Gasteiger partial charge in [0.1, 0.15) is 5.78 Å². The van der Waals surface area contributed by atoms with Gasteiger partial charge in [0, 0.05) is 17.3 Å². The Bertz CT molecular complexity index is 584. The van der Waals surface area contributed by atoms with Crippen LogP contribution in [0.25, 0.3) is 0 Å². The predicted molar refractivity (Wildman–Crippen MR) is 81.6 cm³/mol. The van der Waals surface area contributed by atoms with Gasteiger partial charge in [-0.15, -0.1) is 0 Å². The van der Waals surface area contributed by atoms with Crippen LogP contribution in [0.15, 0.2) is 23.8 Å². The molecule has 0 radical (unpaired) electrons. The van der Waals surface area contributed by atoms with Crippen molar-refractivity contribution in [3.63, 3.8) is 0 Å². The van der Waals surface area contributed by atoms with Crippen molar-refractivity contribution in [2.45, 2.75) is 52.4 Å². The number of rotatable bonds is 0. The third-order valence-electron chi connectivity index (χ3n) is 7.27. The molecular weight excluding hydrogens is 260 g/mol. The summed E-state index contributed by atoms with van der Waals surface area (Å²) in [6.07, 6.45) is 12.1. The molecule has 112 valence electrons. The highest BCUT2D eigenvalue weighted by molar-refractivity contribution is 6.01. The van der Waals surface area contributed by atoms with Gasteiger partial charge < -0.3 is 0 Å². The lowest BCUT2D eigenvalue weighted by atomic mass is 9.48. The number of hydrogen-bond donors (Lipinski definition) is 0. The van der Waals surface area contributed by atoms with Gasteiger partial charge in [0.15, 0.2) is 5.78 Å². The van der Waals surface area contributed by atoms with Gasteiger partial charge in [-0.05, 0) is 62.0 Å². The second kappa shape index (κ2) is 4.18. The summed E-state index contributed by atoms with van der Waals surface area (Å²) < 4.78 is 0. The molecule has 0 aliphatic heterocycles. The fourth-order valence-electron chi connectivity index (χ4n) is 5.97. The van der Waals surface area contributed by atoms with E-state index >= 15 is 0 Å². The second-order valence-corrected chi connectivity index (χ2v) is 8.02. The molecule has 0 aromatic heterocycles. The molecule has 3 fully saturated rings. The van der Waals surface area contributed by atoms with Crippen LogP contribution in [0.4, 0.5) is 0 Å². The Hall–Kier alpha value is -1.18. The van der Waals surface area contributed by atoms with Crippen LogP contribution in [0.3, 0.4) is 0 Å². The molecule has 0 N–H and O–H groups in total. The summed E-state index contributed by atoms with van der Waals surface area (Å²) in [4.78, 5) is 24.0. The van der Waals surface area contributed by atoms with E-state index in [1.807, 2.05) is 6.08 Å². The average Bonchev–Trinajstić information content (AvgIpc) is 2.76. The molecule has 2 nitrogen and oxygen atoms in total. The molecule has 0 saturated heterocycles. The molecule has 4 aliphatic carbocycles. The molecule has 0 heterocycles. The maximum absolute atomic E-state index is 12.3. The number of Topliss-reactive ketones (excluding diaryl/α,β-unsaturated/α-hetero) is 1. The molecule has 0 bridgehead atoms. The van der Waals surface area contributed by atoms with E-state index in [2.05, 4.69) is 19.9 Å². The lowest BCUT2D eigenvalue weighted by Gasteiger charge is -2.55. The Balaban J connectivity index is 1.72. The lowest BCUT2D eigenvalue weighted by molar-refractivity contribution is -0.131. The van der Waals surface area contributed by atoms with E-state index in [1.54, 1.807) is 6.08 Å². The first kappa shape index (κ1) is 13.5. The van der Waals surface area contributed by atoms with Crippen molar-refractivity contribution in [1.82, 2.24) is 0 Å². The number of ketones is 2. The van der Waals surface area contributed by atoms with Crippen molar-refractivity contribution in [1.29, 1.82) is 0 Å². The third-order valence-corrected chi connectivity index (χ3v) is 7.27. The first-order valence-electron chi connectivity index (χ1n) is 8.43. The van der Waals surface area contributed by atoms with Crippen molar-refractivity contribution in [2.24, 2.45) is 28.6 Å². The standard InChI is InChI=1S/C19H24O2/c1-18-9-7-13(20)11-12(18)3-4-14-15-5-6-17(21)19(15,2)10-8-16(14)18/h7,9,11,14-16H,3-6,8,10H2,1-2H3/t14-,15+,16-,18-,19-/m0/s1. The van der Waals surface area contributed by atoms with E-state index in [0.29, 0.717) is 23.5 Å². The first-order valence-corrected chi connectivity index (χ1v) is 8.43. The van der Waals surface area contributed by atoms with Gasteiger partial charge in [0.2, 0.25) is 0 Å². The highest BCUT2D eigenvalue weighted by Gasteiger charge is 2.58. The van der Waals surface area contributed by atoms with Crippen molar-refractivity contribution in [2.75, 3.05) is 0 Å². The lowest BCUT2D eigenvalue weighted by Crippen LogP contribution is -2.49. The molecule has 4 aliphatic rings. The Morgan fingerprint density at radius 1 is 1.05 bits per heavy atom. The summed E-state index contributed by atoms with van der Waals surface area (Å²) in [6, 6.07) is 0. The van der Waals surface area contributed by atoms with Crippen LogP contribution in [-0.4, -0.2) is 11.6 Å². The summed E-state index contributed by atoms with van der Waals surface area (Å²) in [5, 5.41) is 0.